The van der Waals surface area contributed by atoms with Crippen LogP contribution < -0.4 is 10.1 Å². The quantitative estimate of drug-likeness (QED) is 0.858. The molecule has 0 aromatic heterocycles. The van der Waals surface area contributed by atoms with Gasteiger partial charge in [0, 0.05) is 6.54 Å². The molecule has 0 bridgehead atoms. The van der Waals surface area contributed by atoms with Crippen LogP contribution >= 0.6 is 0 Å². The molecule has 106 valence electrons. The highest BCUT2D eigenvalue weighted by molar-refractivity contribution is 5.43. The molecule has 0 radical (unpaired) electrons. The van der Waals surface area contributed by atoms with Crippen LogP contribution in [0.3, 0.4) is 0 Å². The first-order valence-corrected chi connectivity index (χ1v) is 7.14. The molecule has 0 atom stereocenters. The monoisotopic (exact) mass is 263 g/mol. The molecule has 0 spiro atoms. The zero-order valence-electron chi connectivity index (χ0n) is 12.3. The van der Waals surface area contributed by atoms with Crippen LogP contribution in [0.15, 0.2) is 12.1 Å². The normalized spacial score (nSPS) is 17.7. The highest BCUT2D eigenvalue weighted by Crippen LogP contribution is 2.32. The lowest BCUT2D eigenvalue weighted by Gasteiger charge is -2.24. The maximum absolute atomic E-state index is 10.3. The average Bonchev–Trinajstić information content (AvgIpc) is 2.76. The van der Waals surface area contributed by atoms with Crippen LogP contribution in [0.2, 0.25) is 0 Å². The number of aliphatic hydroxyl groups is 1. The van der Waals surface area contributed by atoms with Crippen molar-refractivity contribution in [3.63, 3.8) is 0 Å². The summed E-state index contributed by atoms with van der Waals surface area (Å²) in [6.07, 6.45) is 3.95. The molecule has 19 heavy (non-hydrogen) atoms. The summed E-state index contributed by atoms with van der Waals surface area (Å²) in [5.74, 6) is 0.931. The summed E-state index contributed by atoms with van der Waals surface area (Å²) in [6, 6.07) is 4.30. The molecule has 2 rings (SSSR count). The summed E-state index contributed by atoms with van der Waals surface area (Å²) in [5, 5.41) is 13.5. The summed E-state index contributed by atoms with van der Waals surface area (Å²) < 4.78 is 5.92. The van der Waals surface area contributed by atoms with E-state index in [0.717, 1.165) is 49.1 Å². The molecule has 3 nitrogen and oxygen atoms in total. The zero-order valence-corrected chi connectivity index (χ0v) is 12.3. The minimum Gasteiger partial charge on any atom is -0.490 e. The van der Waals surface area contributed by atoms with Crippen LogP contribution in [0.25, 0.3) is 0 Å². The highest BCUT2D eigenvalue weighted by Gasteiger charge is 2.32. The Hall–Kier alpha value is -1.06. The first kappa shape index (κ1) is 14.4. The molecule has 0 aliphatic heterocycles. The van der Waals surface area contributed by atoms with Crippen molar-refractivity contribution in [3.05, 3.63) is 28.8 Å². The topological polar surface area (TPSA) is 41.5 Å². The zero-order chi connectivity index (χ0) is 13.9. The van der Waals surface area contributed by atoms with Gasteiger partial charge in [-0.2, -0.15) is 0 Å². The Morgan fingerprint density at radius 2 is 1.79 bits per heavy atom. The van der Waals surface area contributed by atoms with Gasteiger partial charge < -0.3 is 15.2 Å². The lowest BCUT2D eigenvalue weighted by atomic mass is 10.0. The van der Waals surface area contributed by atoms with Crippen molar-refractivity contribution in [1.82, 2.24) is 5.32 Å². The molecule has 0 amide bonds. The summed E-state index contributed by atoms with van der Waals surface area (Å²) >= 11 is 0. The van der Waals surface area contributed by atoms with E-state index < -0.39 is 5.60 Å². The van der Waals surface area contributed by atoms with Crippen LogP contribution in [0.4, 0.5) is 0 Å². The molecule has 0 heterocycles. The smallest absolute Gasteiger partial charge is 0.125 e. The van der Waals surface area contributed by atoms with E-state index in [0.29, 0.717) is 6.61 Å². The third-order valence-electron chi connectivity index (χ3n) is 3.92. The standard InChI is InChI=1S/C16H25NO2/c1-12-8-14(10-17-3)9-13(2)15(12)19-11-16(18)6-4-5-7-16/h8-9,17-18H,4-7,10-11H2,1-3H3. The van der Waals surface area contributed by atoms with Crippen LogP contribution in [0.5, 0.6) is 5.75 Å². The van der Waals surface area contributed by atoms with Crippen LogP contribution in [0.1, 0.15) is 42.4 Å². The second kappa shape index (κ2) is 5.93. The van der Waals surface area contributed by atoms with Crippen molar-refractivity contribution in [2.45, 2.75) is 51.7 Å². The van der Waals surface area contributed by atoms with Crippen LogP contribution in [0, 0.1) is 13.8 Å². The largest absolute Gasteiger partial charge is 0.490 e. The van der Waals surface area contributed by atoms with Crippen molar-refractivity contribution in [3.8, 4) is 5.75 Å². The van der Waals surface area contributed by atoms with Gasteiger partial charge in [0.05, 0.1) is 5.60 Å². The molecule has 1 fully saturated rings. The second-order valence-electron chi connectivity index (χ2n) is 5.81. The number of benzene rings is 1. The molecule has 0 saturated heterocycles. The van der Waals surface area contributed by atoms with Crippen molar-refractivity contribution in [2.24, 2.45) is 0 Å². The fraction of sp³-hybridized carbons (Fsp3) is 0.625. The Bertz CT molecular complexity index is 413. The molecule has 1 aromatic rings. The fourth-order valence-corrected chi connectivity index (χ4v) is 2.96. The third kappa shape index (κ3) is 3.48. The first-order chi connectivity index (χ1) is 9.04. The molecular weight excluding hydrogens is 238 g/mol. The Kier molecular flexibility index (Phi) is 4.48. The molecule has 0 unspecified atom stereocenters. The van der Waals surface area contributed by atoms with E-state index >= 15 is 0 Å². The Morgan fingerprint density at radius 1 is 1.21 bits per heavy atom. The molecule has 1 aliphatic carbocycles. The van der Waals surface area contributed by atoms with Gasteiger partial charge in [-0.3, -0.25) is 0 Å². The third-order valence-corrected chi connectivity index (χ3v) is 3.92. The predicted octanol–water partition coefficient (Wildman–Crippen LogP) is 2.71. The fourth-order valence-electron chi connectivity index (χ4n) is 2.96. The molecule has 1 aliphatic rings. The van der Waals surface area contributed by atoms with E-state index in [2.05, 4.69) is 31.3 Å². The van der Waals surface area contributed by atoms with E-state index in [1.807, 2.05) is 7.05 Å². The van der Waals surface area contributed by atoms with Gasteiger partial charge in [-0.15, -0.1) is 0 Å². The van der Waals surface area contributed by atoms with Gasteiger partial charge in [-0.05, 0) is 50.4 Å². The Labute approximate surface area is 116 Å². The molecular formula is C16H25NO2. The minimum absolute atomic E-state index is 0.417. The summed E-state index contributed by atoms with van der Waals surface area (Å²) in [7, 11) is 1.95. The molecule has 1 aromatic carbocycles. The van der Waals surface area contributed by atoms with E-state index in [9.17, 15) is 5.11 Å². The van der Waals surface area contributed by atoms with Crippen molar-refractivity contribution < 1.29 is 9.84 Å². The maximum atomic E-state index is 10.3. The number of nitrogens with one attached hydrogen (secondary N) is 1. The Balaban J connectivity index is 2.07. The van der Waals surface area contributed by atoms with Crippen LogP contribution in [-0.4, -0.2) is 24.4 Å². The van der Waals surface area contributed by atoms with Crippen molar-refractivity contribution in [2.75, 3.05) is 13.7 Å². The van der Waals surface area contributed by atoms with Crippen molar-refractivity contribution >= 4 is 0 Å². The lowest BCUT2D eigenvalue weighted by Crippen LogP contribution is -2.32. The number of ether oxygens (including phenoxy) is 1. The molecule has 2 N–H and O–H groups in total. The minimum atomic E-state index is -0.609. The predicted molar refractivity (Wildman–Crippen MR) is 77.6 cm³/mol. The van der Waals surface area contributed by atoms with Gasteiger partial charge in [-0.25, -0.2) is 0 Å². The summed E-state index contributed by atoms with van der Waals surface area (Å²) in [5.41, 5.74) is 2.95. The van der Waals surface area contributed by atoms with Gasteiger partial charge in [0.2, 0.25) is 0 Å². The van der Waals surface area contributed by atoms with Crippen LogP contribution in [-0.2, 0) is 6.54 Å². The van der Waals surface area contributed by atoms with Gasteiger partial charge in [0.15, 0.2) is 0 Å². The van der Waals surface area contributed by atoms with Crippen molar-refractivity contribution in [1.29, 1.82) is 0 Å². The van der Waals surface area contributed by atoms with Gasteiger partial charge >= 0.3 is 0 Å². The van der Waals surface area contributed by atoms with E-state index in [1.165, 1.54) is 5.56 Å². The molecule has 1 saturated carbocycles. The van der Waals surface area contributed by atoms with Gasteiger partial charge in [0.1, 0.15) is 12.4 Å². The summed E-state index contributed by atoms with van der Waals surface area (Å²) in [4.78, 5) is 0. The summed E-state index contributed by atoms with van der Waals surface area (Å²) in [6.45, 7) is 5.42. The number of hydrogen-bond acceptors (Lipinski definition) is 3. The number of hydrogen-bond donors (Lipinski definition) is 2. The Morgan fingerprint density at radius 3 is 2.32 bits per heavy atom. The van der Waals surface area contributed by atoms with E-state index in [-0.39, 0.29) is 0 Å². The number of rotatable bonds is 5. The molecule has 3 heteroatoms. The van der Waals surface area contributed by atoms with E-state index in [1.54, 1.807) is 0 Å². The second-order valence-corrected chi connectivity index (χ2v) is 5.81. The van der Waals surface area contributed by atoms with E-state index in [4.69, 9.17) is 4.74 Å². The van der Waals surface area contributed by atoms with Gasteiger partial charge in [0.25, 0.3) is 0 Å². The lowest BCUT2D eigenvalue weighted by molar-refractivity contribution is 0.00103. The number of aryl methyl sites for hydroxylation is 2. The average molecular weight is 263 g/mol. The first-order valence-electron chi connectivity index (χ1n) is 7.14. The maximum Gasteiger partial charge on any atom is 0.125 e. The van der Waals surface area contributed by atoms with Gasteiger partial charge in [-0.1, -0.05) is 25.0 Å². The highest BCUT2D eigenvalue weighted by atomic mass is 16.5. The SMILES string of the molecule is CNCc1cc(C)c(OCC2(O)CCCC2)c(C)c1.